The molecule has 0 bridgehead atoms. The largest absolute Gasteiger partial charge is 0.337 e. The van der Waals surface area contributed by atoms with Gasteiger partial charge in [-0.25, -0.2) is 9.67 Å². The first-order valence-electron chi connectivity index (χ1n) is 8.72. The van der Waals surface area contributed by atoms with E-state index in [0.717, 1.165) is 49.2 Å². The summed E-state index contributed by atoms with van der Waals surface area (Å²) in [5, 5.41) is 13.4. The number of thiazole rings is 1. The molecule has 2 aromatic heterocycles. The van der Waals surface area contributed by atoms with Crippen molar-refractivity contribution in [2.24, 2.45) is 0 Å². The SMILES string of the molecule is CC(C)(C)n1nnnc1C[NH+]1CCN(c2nc3ccccc3s2)CC1. The number of para-hydroxylation sites is 1. The van der Waals surface area contributed by atoms with Crippen LogP contribution in [0.2, 0.25) is 0 Å². The fourth-order valence-corrected chi connectivity index (χ4v) is 4.26. The number of nitrogens with zero attached hydrogens (tertiary/aromatic N) is 6. The monoisotopic (exact) mass is 358 g/mol. The second kappa shape index (κ2) is 6.34. The Morgan fingerprint density at radius 2 is 1.92 bits per heavy atom. The molecule has 0 spiro atoms. The van der Waals surface area contributed by atoms with E-state index < -0.39 is 0 Å². The molecule has 0 atom stereocenters. The minimum Gasteiger partial charge on any atom is -0.337 e. The van der Waals surface area contributed by atoms with Gasteiger partial charge < -0.3 is 9.80 Å². The van der Waals surface area contributed by atoms with E-state index in [-0.39, 0.29) is 5.54 Å². The van der Waals surface area contributed by atoms with E-state index >= 15 is 0 Å². The van der Waals surface area contributed by atoms with Crippen LogP contribution in [-0.4, -0.2) is 51.4 Å². The summed E-state index contributed by atoms with van der Waals surface area (Å²) in [5.74, 6) is 0.968. The Morgan fingerprint density at radius 1 is 1.16 bits per heavy atom. The Morgan fingerprint density at radius 3 is 2.64 bits per heavy atom. The maximum atomic E-state index is 4.78. The van der Waals surface area contributed by atoms with Gasteiger partial charge >= 0.3 is 0 Å². The van der Waals surface area contributed by atoms with Crippen LogP contribution in [0.5, 0.6) is 0 Å². The second-order valence-electron chi connectivity index (χ2n) is 7.56. The van der Waals surface area contributed by atoms with Crippen molar-refractivity contribution in [3.05, 3.63) is 30.1 Å². The van der Waals surface area contributed by atoms with E-state index in [1.165, 1.54) is 9.60 Å². The summed E-state index contributed by atoms with van der Waals surface area (Å²) in [7, 11) is 0. The molecule has 4 rings (SSSR count). The van der Waals surface area contributed by atoms with E-state index in [1.54, 1.807) is 11.3 Å². The van der Waals surface area contributed by atoms with Crippen molar-refractivity contribution in [1.82, 2.24) is 25.2 Å². The maximum Gasteiger partial charge on any atom is 0.206 e. The number of hydrogen-bond donors (Lipinski definition) is 1. The molecule has 3 heterocycles. The van der Waals surface area contributed by atoms with E-state index in [1.807, 2.05) is 10.7 Å². The first kappa shape index (κ1) is 16.4. The third-order valence-electron chi connectivity index (χ3n) is 4.60. The lowest BCUT2D eigenvalue weighted by Gasteiger charge is -2.32. The summed E-state index contributed by atoms with van der Waals surface area (Å²) in [4.78, 5) is 8.71. The van der Waals surface area contributed by atoms with E-state index in [0.29, 0.717) is 0 Å². The number of nitrogens with one attached hydrogen (secondary N) is 1. The highest BCUT2D eigenvalue weighted by atomic mass is 32.1. The lowest BCUT2D eigenvalue weighted by atomic mass is 10.1. The highest BCUT2D eigenvalue weighted by Gasteiger charge is 2.26. The highest BCUT2D eigenvalue weighted by Crippen LogP contribution is 2.28. The lowest BCUT2D eigenvalue weighted by Crippen LogP contribution is -3.13. The Labute approximate surface area is 151 Å². The van der Waals surface area contributed by atoms with Gasteiger partial charge in [-0.1, -0.05) is 23.5 Å². The molecule has 1 aliphatic rings. The van der Waals surface area contributed by atoms with Gasteiger partial charge in [-0.05, 0) is 43.3 Å². The number of anilines is 1. The van der Waals surface area contributed by atoms with Crippen LogP contribution in [-0.2, 0) is 12.1 Å². The summed E-state index contributed by atoms with van der Waals surface area (Å²) < 4.78 is 3.21. The summed E-state index contributed by atoms with van der Waals surface area (Å²) in [5.41, 5.74) is 1.02. The van der Waals surface area contributed by atoms with Gasteiger partial charge in [0.2, 0.25) is 5.82 Å². The molecule has 8 heteroatoms. The van der Waals surface area contributed by atoms with Gasteiger partial charge in [-0.2, -0.15) is 0 Å². The van der Waals surface area contributed by atoms with Crippen molar-refractivity contribution in [2.45, 2.75) is 32.9 Å². The van der Waals surface area contributed by atoms with Gasteiger partial charge in [0.05, 0.1) is 41.9 Å². The van der Waals surface area contributed by atoms with Crippen molar-refractivity contribution < 1.29 is 4.90 Å². The quantitative estimate of drug-likeness (QED) is 0.755. The van der Waals surface area contributed by atoms with Gasteiger partial charge in [0.1, 0.15) is 6.54 Å². The topological polar surface area (TPSA) is 64.2 Å². The third kappa shape index (κ3) is 3.36. The zero-order valence-corrected chi connectivity index (χ0v) is 15.8. The third-order valence-corrected chi connectivity index (χ3v) is 5.70. The molecule has 0 aliphatic carbocycles. The Kier molecular flexibility index (Phi) is 4.16. The number of tetrazole rings is 1. The van der Waals surface area contributed by atoms with Gasteiger partial charge in [0.25, 0.3) is 0 Å². The molecular formula is C17H24N7S+. The molecule has 7 nitrogen and oxygen atoms in total. The van der Waals surface area contributed by atoms with Gasteiger partial charge in [0, 0.05) is 0 Å². The summed E-state index contributed by atoms with van der Waals surface area (Å²) in [6.45, 7) is 11.5. The second-order valence-corrected chi connectivity index (χ2v) is 8.56. The zero-order valence-electron chi connectivity index (χ0n) is 14.9. The van der Waals surface area contributed by atoms with E-state index in [2.05, 4.69) is 59.4 Å². The molecule has 1 fully saturated rings. The molecule has 132 valence electrons. The molecule has 1 aliphatic heterocycles. The van der Waals surface area contributed by atoms with Crippen molar-refractivity contribution in [3.8, 4) is 0 Å². The maximum absolute atomic E-state index is 4.78. The van der Waals surface area contributed by atoms with Gasteiger partial charge in [-0.3, -0.25) is 0 Å². The number of fused-ring (bicyclic) bond motifs is 1. The Hall–Kier alpha value is -2.06. The van der Waals surface area contributed by atoms with Crippen molar-refractivity contribution in [2.75, 3.05) is 31.1 Å². The number of aromatic nitrogens is 5. The van der Waals surface area contributed by atoms with Crippen molar-refractivity contribution in [1.29, 1.82) is 0 Å². The highest BCUT2D eigenvalue weighted by molar-refractivity contribution is 7.22. The molecule has 25 heavy (non-hydrogen) atoms. The molecule has 0 radical (unpaired) electrons. The lowest BCUT2D eigenvalue weighted by molar-refractivity contribution is -0.915. The number of benzene rings is 1. The zero-order chi connectivity index (χ0) is 17.4. The number of quaternary nitrogens is 1. The predicted molar refractivity (Wildman–Crippen MR) is 99.0 cm³/mol. The van der Waals surface area contributed by atoms with Crippen LogP contribution >= 0.6 is 11.3 Å². The molecule has 1 saturated heterocycles. The van der Waals surface area contributed by atoms with E-state index in [4.69, 9.17) is 4.98 Å². The molecule has 0 saturated carbocycles. The Balaban J connectivity index is 1.41. The van der Waals surface area contributed by atoms with Crippen LogP contribution in [0.3, 0.4) is 0 Å². The van der Waals surface area contributed by atoms with Crippen LogP contribution in [0.4, 0.5) is 5.13 Å². The van der Waals surface area contributed by atoms with Crippen LogP contribution in [0, 0.1) is 0 Å². The average Bonchev–Trinajstić information content (AvgIpc) is 3.21. The minimum absolute atomic E-state index is 0.0823. The first-order chi connectivity index (χ1) is 12.0. The molecule has 1 aromatic carbocycles. The fourth-order valence-electron chi connectivity index (χ4n) is 3.25. The molecule has 0 unspecified atom stereocenters. The Bertz CT molecular complexity index is 822. The smallest absolute Gasteiger partial charge is 0.206 e. The molecule has 1 N–H and O–H groups in total. The van der Waals surface area contributed by atoms with Crippen molar-refractivity contribution >= 4 is 26.7 Å². The summed E-state index contributed by atoms with van der Waals surface area (Å²) in [6, 6.07) is 8.35. The van der Waals surface area contributed by atoms with Gasteiger partial charge in [0.15, 0.2) is 5.13 Å². The standard InChI is InChI=1S/C17H23N7S/c1-17(2,3)24-15(19-20-21-24)12-22-8-10-23(11-9-22)16-18-13-6-4-5-7-14(13)25-16/h4-7H,8-12H2,1-3H3/p+1. The minimum atomic E-state index is -0.0823. The summed E-state index contributed by atoms with van der Waals surface area (Å²) >= 11 is 1.79. The fraction of sp³-hybridized carbons (Fsp3) is 0.529. The molecule has 0 amide bonds. The average molecular weight is 358 g/mol. The number of piperazine rings is 1. The normalized spacial score (nSPS) is 16.7. The number of hydrogen-bond acceptors (Lipinski definition) is 6. The van der Waals surface area contributed by atoms with Crippen LogP contribution < -0.4 is 9.80 Å². The number of rotatable bonds is 3. The predicted octanol–water partition coefficient (Wildman–Crippen LogP) is 0.943. The molecular weight excluding hydrogens is 334 g/mol. The first-order valence-corrected chi connectivity index (χ1v) is 9.54. The van der Waals surface area contributed by atoms with Crippen LogP contribution in [0.25, 0.3) is 10.2 Å². The molecule has 3 aromatic rings. The van der Waals surface area contributed by atoms with E-state index in [9.17, 15) is 0 Å². The van der Waals surface area contributed by atoms with Crippen LogP contribution in [0.1, 0.15) is 26.6 Å². The summed E-state index contributed by atoms with van der Waals surface area (Å²) in [6.07, 6.45) is 0. The van der Waals surface area contributed by atoms with Crippen LogP contribution in [0.15, 0.2) is 24.3 Å². The van der Waals surface area contributed by atoms with Crippen molar-refractivity contribution in [3.63, 3.8) is 0 Å². The van der Waals surface area contributed by atoms with Gasteiger partial charge in [-0.15, -0.1) is 5.10 Å².